The van der Waals surface area contributed by atoms with Crippen molar-refractivity contribution in [1.82, 2.24) is 14.8 Å². The van der Waals surface area contributed by atoms with Crippen LogP contribution in [0.3, 0.4) is 0 Å². The summed E-state index contributed by atoms with van der Waals surface area (Å²) in [5, 5.41) is 8.24. The fourth-order valence-corrected chi connectivity index (χ4v) is 1.91. The Morgan fingerprint density at radius 2 is 2.15 bits per heavy atom. The first-order valence-electron chi connectivity index (χ1n) is 4.86. The van der Waals surface area contributed by atoms with Crippen LogP contribution in [0.2, 0.25) is 0 Å². The van der Waals surface area contributed by atoms with Crippen molar-refractivity contribution in [1.29, 1.82) is 0 Å². The molecule has 2 rings (SSSR count). The molecular formula is C9H16N4. The molecule has 0 atom stereocenters. The first-order valence-corrected chi connectivity index (χ1v) is 4.86. The third-order valence-electron chi connectivity index (χ3n) is 2.94. The van der Waals surface area contributed by atoms with Crippen LogP contribution in [0.15, 0.2) is 0 Å². The van der Waals surface area contributed by atoms with Crippen LogP contribution in [-0.2, 0) is 12.1 Å². The Kier molecular flexibility index (Phi) is 1.87. The highest BCUT2D eigenvalue weighted by Crippen LogP contribution is 2.37. The van der Waals surface area contributed by atoms with Gasteiger partial charge in [-0.2, -0.15) is 0 Å². The van der Waals surface area contributed by atoms with Crippen molar-refractivity contribution in [3.8, 4) is 0 Å². The van der Waals surface area contributed by atoms with Gasteiger partial charge in [0, 0.05) is 6.54 Å². The van der Waals surface area contributed by atoms with Crippen molar-refractivity contribution >= 4 is 0 Å². The lowest BCUT2D eigenvalue weighted by molar-refractivity contribution is 0.229. The van der Waals surface area contributed by atoms with Gasteiger partial charge in [0.1, 0.15) is 5.82 Å². The van der Waals surface area contributed by atoms with E-state index < -0.39 is 0 Å². The van der Waals surface area contributed by atoms with Gasteiger partial charge in [0.05, 0.1) is 5.54 Å². The van der Waals surface area contributed by atoms with Gasteiger partial charge in [0.2, 0.25) is 0 Å². The molecule has 0 saturated heterocycles. The molecule has 1 aromatic rings. The Bertz CT molecular complexity index is 311. The minimum atomic E-state index is -0.183. The largest absolute Gasteiger partial charge is 0.319 e. The van der Waals surface area contributed by atoms with E-state index in [0.29, 0.717) is 0 Å². The second-order valence-corrected chi connectivity index (χ2v) is 3.82. The standard InChI is InChI=1S/C9H16N4/c1-3-13-7(2)11-12-8(13)9(10)5-4-6-9/h3-6,10H2,1-2H3. The summed E-state index contributed by atoms with van der Waals surface area (Å²) < 4.78 is 2.11. The lowest BCUT2D eigenvalue weighted by Crippen LogP contribution is -2.45. The van der Waals surface area contributed by atoms with Gasteiger partial charge in [-0.15, -0.1) is 10.2 Å². The van der Waals surface area contributed by atoms with E-state index in [0.717, 1.165) is 31.0 Å². The topological polar surface area (TPSA) is 56.7 Å². The highest BCUT2D eigenvalue weighted by molar-refractivity contribution is 5.12. The number of aromatic nitrogens is 3. The Hall–Kier alpha value is -0.900. The van der Waals surface area contributed by atoms with Gasteiger partial charge in [0.15, 0.2) is 5.82 Å². The summed E-state index contributed by atoms with van der Waals surface area (Å²) in [4.78, 5) is 0. The van der Waals surface area contributed by atoms with Gasteiger partial charge in [-0.25, -0.2) is 0 Å². The summed E-state index contributed by atoms with van der Waals surface area (Å²) in [5.74, 6) is 1.94. The van der Waals surface area contributed by atoms with Crippen LogP contribution in [0.5, 0.6) is 0 Å². The van der Waals surface area contributed by atoms with E-state index in [1.807, 2.05) is 6.92 Å². The van der Waals surface area contributed by atoms with Crippen molar-refractivity contribution in [2.24, 2.45) is 5.73 Å². The number of rotatable bonds is 2. The molecule has 2 N–H and O–H groups in total. The molecule has 1 aromatic heterocycles. The molecule has 0 amide bonds. The molecule has 1 fully saturated rings. The molecule has 4 heteroatoms. The molecule has 0 aromatic carbocycles. The zero-order valence-corrected chi connectivity index (χ0v) is 8.25. The van der Waals surface area contributed by atoms with Crippen LogP contribution in [0.1, 0.15) is 37.8 Å². The summed E-state index contributed by atoms with van der Waals surface area (Å²) in [7, 11) is 0. The van der Waals surface area contributed by atoms with E-state index in [2.05, 4.69) is 21.7 Å². The molecule has 1 heterocycles. The van der Waals surface area contributed by atoms with Crippen LogP contribution >= 0.6 is 0 Å². The molecule has 1 aliphatic rings. The molecule has 0 unspecified atom stereocenters. The van der Waals surface area contributed by atoms with E-state index in [1.165, 1.54) is 6.42 Å². The minimum absolute atomic E-state index is 0.183. The zero-order chi connectivity index (χ0) is 9.47. The average Bonchev–Trinajstić information content (AvgIpc) is 2.42. The molecule has 0 spiro atoms. The van der Waals surface area contributed by atoms with Crippen LogP contribution < -0.4 is 5.73 Å². The van der Waals surface area contributed by atoms with Crippen molar-refractivity contribution in [2.45, 2.75) is 45.2 Å². The fraction of sp³-hybridized carbons (Fsp3) is 0.778. The summed E-state index contributed by atoms with van der Waals surface area (Å²) in [5.41, 5.74) is 6.01. The molecule has 0 bridgehead atoms. The SMILES string of the molecule is CCn1c(C)nnc1C1(N)CCC1. The number of hydrogen-bond acceptors (Lipinski definition) is 3. The summed E-state index contributed by atoms with van der Waals surface area (Å²) in [6.07, 6.45) is 3.31. The van der Waals surface area contributed by atoms with Crippen molar-refractivity contribution in [2.75, 3.05) is 0 Å². The molecule has 1 aliphatic carbocycles. The second-order valence-electron chi connectivity index (χ2n) is 3.82. The minimum Gasteiger partial charge on any atom is -0.319 e. The summed E-state index contributed by atoms with van der Waals surface area (Å²) >= 11 is 0. The third kappa shape index (κ3) is 1.16. The number of nitrogens with two attached hydrogens (primary N) is 1. The smallest absolute Gasteiger partial charge is 0.153 e. The Morgan fingerprint density at radius 3 is 2.62 bits per heavy atom. The van der Waals surface area contributed by atoms with Gasteiger partial charge in [0.25, 0.3) is 0 Å². The van der Waals surface area contributed by atoms with Crippen molar-refractivity contribution in [3.05, 3.63) is 11.6 Å². The fourth-order valence-electron chi connectivity index (χ4n) is 1.91. The Labute approximate surface area is 78.1 Å². The second kappa shape index (κ2) is 2.80. The van der Waals surface area contributed by atoms with Crippen LogP contribution in [-0.4, -0.2) is 14.8 Å². The molecule has 72 valence electrons. The number of aryl methyl sites for hydroxylation is 1. The Balaban J connectivity index is 2.39. The lowest BCUT2D eigenvalue weighted by Gasteiger charge is -2.36. The molecule has 13 heavy (non-hydrogen) atoms. The van der Waals surface area contributed by atoms with Gasteiger partial charge in [-0.3, -0.25) is 0 Å². The predicted molar refractivity (Wildman–Crippen MR) is 50.1 cm³/mol. The van der Waals surface area contributed by atoms with E-state index in [4.69, 9.17) is 5.73 Å². The first-order chi connectivity index (χ1) is 6.17. The molecule has 0 radical (unpaired) electrons. The summed E-state index contributed by atoms with van der Waals surface area (Å²) in [6, 6.07) is 0. The van der Waals surface area contributed by atoms with Crippen molar-refractivity contribution < 1.29 is 0 Å². The van der Waals surface area contributed by atoms with Crippen LogP contribution in [0, 0.1) is 6.92 Å². The highest BCUT2D eigenvalue weighted by atomic mass is 15.3. The van der Waals surface area contributed by atoms with Gasteiger partial charge in [-0.1, -0.05) is 0 Å². The highest BCUT2D eigenvalue weighted by Gasteiger charge is 2.39. The number of nitrogens with zero attached hydrogens (tertiary/aromatic N) is 3. The van der Waals surface area contributed by atoms with E-state index in [1.54, 1.807) is 0 Å². The van der Waals surface area contributed by atoms with E-state index in [9.17, 15) is 0 Å². The van der Waals surface area contributed by atoms with Crippen LogP contribution in [0.4, 0.5) is 0 Å². The van der Waals surface area contributed by atoms with Gasteiger partial charge in [-0.05, 0) is 33.1 Å². The zero-order valence-electron chi connectivity index (χ0n) is 8.25. The van der Waals surface area contributed by atoms with Gasteiger partial charge < -0.3 is 10.3 Å². The summed E-state index contributed by atoms with van der Waals surface area (Å²) in [6.45, 7) is 4.98. The maximum absolute atomic E-state index is 6.19. The normalized spacial score (nSPS) is 19.9. The maximum Gasteiger partial charge on any atom is 0.153 e. The Morgan fingerprint density at radius 1 is 1.46 bits per heavy atom. The monoisotopic (exact) mass is 180 g/mol. The number of hydrogen-bond donors (Lipinski definition) is 1. The molecule has 1 saturated carbocycles. The average molecular weight is 180 g/mol. The van der Waals surface area contributed by atoms with Gasteiger partial charge >= 0.3 is 0 Å². The van der Waals surface area contributed by atoms with Crippen LogP contribution in [0.25, 0.3) is 0 Å². The quantitative estimate of drug-likeness (QED) is 0.737. The van der Waals surface area contributed by atoms with Crippen molar-refractivity contribution in [3.63, 3.8) is 0 Å². The third-order valence-corrected chi connectivity index (χ3v) is 2.94. The molecular weight excluding hydrogens is 164 g/mol. The first kappa shape index (κ1) is 8.69. The van der Waals surface area contributed by atoms with E-state index >= 15 is 0 Å². The maximum atomic E-state index is 6.19. The molecule has 0 aliphatic heterocycles. The lowest BCUT2D eigenvalue weighted by atomic mass is 9.77. The molecule has 4 nitrogen and oxygen atoms in total. The predicted octanol–water partition coefficient (Wildman–Crippen LogP) is 0.944. The van der Waals surface area contributed by atoms with E-state index in [-0.39, 0.29) is 5.54 Å².